The lowest BCUT2D eigenvalue weighted by Gasteiger charge is -2.08. The summed E-state index contributed by atoms with van der Waals surface area (Å²) >= 11 is 0. The Morgan fingerprint density at radius 1 is 1.26 bits per heavy atom. The second-order valence-corrected chi connectivity index (χ2v) is 4.07. The van der Waals surface area contributed by atoms with Crippen LogP contribution in [0, 0.1) is 6.92 Å². The smallest absolute Gasteiger partial charge is 0.218 e. The summed E-state index contributed by atoms with van der Waals surface area (Å²) in [6.07, 6.45) is 2.66. The predicted molar refractivity (Wildman–Crippen MR) is 74.4 cm³/mol. The van der Waals surface area contributed by atoms with Gasteiger partial charge >= 0.3 is 0 Å². The molecule has 0 aliphatic heterocycles. The van der Waals surface area contributed by atoms with Crippen LogP contribution in [0.1, 0.15) is 18.4 Å². The average Bonchev–Trinajstić information content (AvgIpc) is 2.40. The Morgan fingerprint density at radius 2 is 2.16 bits per heavy atom. The predicted octanol–water partition coefficient (Wildman–Crippen LogP) is 2.23. The van der Waals surface area contributed by atoms with Crippen LogP contribution in [0.25, 0.3) is 0 Å². The fraction of sp³-hybridized carbons (Fsp3) is 0.357. The van der Waals surface area contributed by atoms with Gasteiger partial charge in [-0.3, -0.25) is 4.98 Å². The van der Waals surface area contributed by atoms with Crippen LogP contribution < -0.4 is 10.1 Å². The van der Waals surface area contributed by atoms with E-state index in [1.54, 1.807) is 6.20 Å². The van der Waals surface area contributed by atoms with Crippen LogP contribution in [-0.2, 0) is 6.42 Å². The van der Waals surface area contributed by atoms with Crippen molar-refractivity contribution < 1.29 is 4.74 Å². The minimum atomic E-state index is 0.601. The van der Waals surface area contributed by atoms with Crippen LogP contribution in [0.3, 0.4) is 0 Å². The van der Waals surface area contributed by atoms with Crippen molar-refractivity contribution in [1.29, 1.82) is 0 Å². The summed E-state index contributed by atoms with van der Waals surface area (Å²) in [6.45, 7) is 5.17. The van der Waals surface area contributed by atoms with Gasteiger partial charge in [0.05, 0.1) is 6.61 Å². The summed E-state index contributed by atoms with van der Waals surface area (Å²) in [5, 5.41) is 3.26. The molecule has 0 saturated carbocycles. The van der Waals surface area contributed by atoms with E-state index >= 15 is 0 Å². The number of hydrogen-bond donors (Lipinski definition) is 1. The van der Waals surface area contributed by atoms with E-state index < -0.39 is 0 Å². The Balaban J connectivity index is 1.92. The summed E-state index contributed by atoms with van der Waals surface area (Å²) in [5.74, 6) is 2.09. The lowest BCUT2D eigenvalue weighted by molar-refractivity contribution is 0.325. The lowest BCUT2D eigenvalue weighted by atomic mass is 10.3. The lowest BCUT2D eigenvalue weighted by Crippen LogP contribution is -2.09. The Bertz CT molecular complexity index is 516. The number of nitrogens with one attached hydrogen (secondary N) is 1. The summed E-state index contributed by atoms with van der Waals surface area (Å²) in [7, 11) is 0. The van der Waals surface area contributed by atoms with Crippen molar-refractivity contribution in [2.45, 2.75) is 20.3 Å². The molecule has 0 aromatic carbocycles. The van der Waals surface area contributed by atoms with Gasteiger partial charge in [-0.05, 0) is 26.0 Å². The molecule has 19 heavy (non-hydrogen) atoms. The highest BCUT2D eigenvalue weighted by Gasteiger charge is 2.02. The fourth-order valence-electron chi connectivity index (χ4n) is 1.72. The van der Waals surface area contributed by atoms with Crippen LogP contribution in [0.5, 0.6) is 5.88 Å². The van der Waals surface area contributed by atoms with Crippen molar-refractivity contribution in [3.05, 3.63) is 42.0 Å². The maximum Gasteiger partial charge on any atom is 0.218 e. The second-order valence-electron chi connectivity index (χ2n) is 4.07. The van der Waals surface area contributed by atoms with Crippen LogP contribution in [0.4, 0.5) is 5.82 Å². The third-order valence-corrected chi connectivity index (χ3v) is 2.52. The zero-order valence-corrected chi connectivity index (χ0v) is 11.3. The second kappa shape index (κ2) is 6.68. The molecule has 2 heterocycles. The number of ether oxygens (including phenoxy) is 1. The van der Waals surface area contributed by atoms with Crippen molar-refractivity contribution in [1.82, 2.24) is 15.0 Å². The minimum Gasteiger partial charge on any atom is -0.478 e. The highest BCUT2D eigenvalue weighted by molar-refractivity contribution is 5.38. The van der Waals surface area contributed by atoms with E-state index in [4.69, 9.17) is 4.74 Å². The van der Waals surface area contributed by atoms with Crippen LogP contribution in [0.2, 0.25) is 0 Å². The molecule has 0 radical (unpaired) electrons. The summed E-state index contributed by atoms with van der Waals surface area (Å²) < 4.78 is 5.39. The summed E-state index contributed by atoms with van der Waals surface area (Å²) in [6, 6.07) is 7.73. The van der Waals surface area contributed by atoms with E-state index in [0.717, 1.165) is 24.5 Å². The third kappa shape index (κ3) is 4.21. The van der Waals surface area contributed by atoms with Gasteiger partial charge in [0.1, 0.15) is 11.6 Å². The zero-order chi connectivity index (χ0) is 13.5. The summed E-state index contributed by atoms with van der Waals surface area (Å²) in [4.78, 5) is 12.8. The van der Waals surface area contributed by atoms with E-state index in [1.807, 2.05) is 38.1 Å². The molecule has 0 saturated heterocycles. The van der Waals surface area contributed by atoms with Crippen LogP contribution >= 0.6 is 0 Å². The summed E-state index contributed by atoms with van der Waals surface area (Å²) in [5.41, 5.74) is 1.06. The molecule has 2 rings (SSSR count). The van der Waals surface area contributed by atoms with E-state index in [1.165, 1.54) is 0 Å². The molecule has 0 fully saturated rings. The van der Waals surface area contributed by atoms with Crippen molar-refractivity contribution in [2.24, 2.45) is 0 Å². The van der Waals surface area contributed by atoms with Gasteiger partial charge in [0.15, 0.2) is 0 Å². The number of rotatable bonds is 6. The molecule has 0 amide bonds. The average molecular weight is 258 g/mol. The normalized spacial score (nSPS) is 10.2. The number of aryl methyl sites for hydroxylation is 1. The first-order chi connectivity index (χ1) is 9.28. The minimum absolute atomic E-state index is 0.601. The van der Waals surface area contributed by atoms with E-state index in [9.17, 15) is 0 Å². The molecule has 0 spiro atoms. The van der Waals surface area contributed by atoms with Crippen molar-refractivity contribution >= 4 is 5.82 Å². The Hall–Kier alpha value is -2.17. The van der Waals surface area contributed by atoms with Gasteiger partial charge < -0.3 is 10.1 Å². The highest BCUT2D eigenvalue weighted by atomic mass is 16.5. The number of pyridine rings is 1. The largest absolute Gasteiger partial charge is 0.478 e. The monoisotopic (exact) mass is 258 g/mol. The molecule has 1 N–H and O–H groups in total. The van der Waals surface area contributed by atoms with Gasteiger partial charge in [-0.25, -0.2) is 4.98 Å². The molecular formula is C14H18N4O. The number of aromatic nitrogens is 3. The van der Waals surface area contributed by atoms with Gasteiger partial charge in [0.25, 0.3) is 0 Å². The SMILES string of the molecule is CCOc1cc(NCCc2ccccn2)nc(C)n1. The maximum absolute atomic E-state index is 5.39. The van der Waals surface area contributed by atoms with E-state index in [-0.39, 0.29) is 0 Å². The van der Waals surface area contributed by atoms with Gasteiger partial charge in [-0.1, -0.05) is 6.07 Å². The first kappa shape index (κ1) is 13.3. The third-order valence-electron chi connectivity index (χ3n) is 2.52. The number of nitrogens with zero attached hydrogens (tertiary/aromatic N) is 3. The van der Waals surface area contributed by atoms with Crippen molar-refractivity contribution in [2.75, 3.05) is 18.5 Å². The van der Waals surface area contributed by atoms with Crippen LogP contribution in [-0.4, -0.2) is 28.1 Å². The molecule has 100 valence electrons. The molecule has 0 aliphatic carbocycles. The molecule has 2 aromatic rings. The Kier molecular flexibility index (Phi) is 4.66. The highest BCUT2D eigenvalue weighted by Crippen LogP contribution is 2.13. The van der Waals surface area contributed by atoms with Gasteiger partial charge in [-0.15, -0.1) is 0 Å². The Morgan fingerprint density at radius 3 is 2.89 bits per heavy atom. The molecular weight excluding hydrogens is 240 g/mol. The van der Waals surface area contributed by atoms with E-state index in [0.29, 0.717) is 18.3 Å². The van der Waals surface area contributed by atoms with Crippen molar-refractivity contribution in [3.8, 4) is 5.88 Å². The molecule has 0 atom stereocenters. The quantitative estimate of drug-likeness (QED) is 0.861. The maximum atomic E-state index is 5.39. The van der Waals surface area contributed by atoms with E-state index in [2.05, 4.69) is 20.3 Å². The molecule has 2 aromatic heterocycles. The molecule has 0 unspecified atom stereocenters. The topological polar surface area (TPSA) is 59.9 Å². The molecule has 0 bridgehead atoms. The number of anilines is 1. The molecule has 5 heteroatoms. The van der Waals surface area contributed by atoms with Gasteiger partial charge in [-0.2, -0.15) is 4.98 Å². The molecule has 0 aliphatic rings. The van der Waals surface area contributed by atoms with Crippen molar-refractivity contribution in [3.63, 3.8) is 0 Å². The van der Waals surface area contributed by atoms with Crippen LogP contribution in [0.15, 0.2) is 30.5 Å². The number of hydrogen-bond acceptors (Lipinski definition) is 5. The first-order valence-corrected chi connectivity index (χ1v) is 6.40. The van der Waals surface area contributed by atoms with Gasteiger partial charge in [0, 0.05) is 30.9 Å². The molecule has 5 nitrogen and oxygen atoms in total. The van der Waals surface area contributed by atoms with Gasteiger partial charge in [0.2, 0.25) is 5.88 Å². The fourth-order valence-corrected chi connectivity index (χ4v) is 1.72. The standard InChI is InChI=1S/C14H18N4O/c1-3-19-14-10-13(17-11(2)18-14)16-9-7-12-6-4-5-8-15-12/h4-6,8,10H,3,7,9H2,1-2H3,(H,16,17,18). The zero-order valence-electron chi connectivity index (χ0n) is 11.3. The first-order valence-electron chi connectivity index (χ1n) is 6.40. The Labute approximate surface area is 113 Å².